The minimum atomic E-state index is -1.61. The lowest BCUT2D eigenvalue weighted by atomic mass is 9.99. The molecule has 0 radical (unpaired) electrons. The summed E-state index contributed by atoms with van der Waals surface area (Å²) in [6.07, 6.45) is 0.858. The highest BCUT2D eigenvalue weighted by Gasteiger charge is 2.32. The van der Waals surface area contributed by atoms with Gasteiger partial charge in [-0.2, -0.15) is 0 Å². The van der Waals surface area contributed by atoms with Gasteiger partial charge < -0.3 is 42.0 Å². The molecule has 0 bridgehead atoms. The maximum Gasteiger partial charge on any atom is 0.328 e. The Morgan fingerprint density at radius 2 is 1.61 bits per heavy atom. The Balaban J connectivity index is 2.27. The molecule has 1 heterocycles. The van der Waals surface area contributed by atoms with Gasteiger partial charge in [0.25, 0.3) is 0 Å². The summed E-state index contributed by atoms with van der Waals surface area (Å²) in [5.74, 6) is -3.96. The van der Waals surface area contributed by atoms with E-state index >= 15 is 0 Å². The van der Waals surface area contributed by atoms with Crippen molar-refractivity contribution in [3.8, 4) is 0 Å². The number of carboxylic acid groups (broad SMARTS) is 1. The number of aliphatic carboxylic acids is 1. The molecule has 0 aliphatic heterocycles. The minimum absolute atomic E-state index is 0.0355. The lowest BCUT2D eigenvalue weighted by Crippen LogP contribution is -2.59. The number of nitrogens with two attached hydrogens (primary N) is 1. The third-order valence-electron chi connectivity index (χ3n) is 6.15. The number of para-hydroxylation sites is 1. The highest BCUT2D eigenvalue weighted by Crippen LogP contribution is 2.19. The summed E-state index contributed by atoms with van der Waals surface area (Å²) >= 11 is 0. The standard InChI is InChI=1S/C24H35N5O7/c1-4-12(2)19(25)23(34)28-18(11-30)22(33)27-17(21(32)29-20(13(3)31)24(35)36)9-14-10-26-16-8-6-5-7-15(14)16/h5-8,10,12-13,17-20,26,30-31H,4,9,11,25H2,1-3H3,(H,27,33)(H,28,34)(H,29,32)(H,35,36). The molecule has 0 saturated carbocycles. The maximum atomic E-state index is 13.0. The molecule has 0 fully saturated rings. The summed E-state index contributed by atoms with van der Waals surface area (Å²) in [5, 5.41) is 36.7. The Morgan fingerprint density at radius 1 is 1.00 bits per heavy atom. The first-order chi connectivity index (χ1) is 17.0. The molecule has 6 atom stereocenters. The molecule has 2 rings (SSSR count). The van der Waals surface area contributed by atoms with Gasteiger partial charge in [-0.3, -0.25) is 14.4 Å². The Morgan fingerprint density at radius 3 is 2.19 bits per heavy atom. The van der Waals surface area contributed by atoms with Crippen molar-refractivity contribution in [2.24, 2.45) is 11.7 Å². The van der Waals surface area contributed by atoms with Crippen LogP contribution in [0.4, 0.5) is 0 Å². The largest absolute Gasteiger partial charge is 0.480 e. The number of hydrogen-bond acceptors (Lipinski definition) is 7. The van der Waals surface area contributed by atoms with Crippen molar-refractivity contribution >= 4 is 34.6 Å². The number of H-pyrrole nitrogens is 1. The van der Waals surface area contributed by atoms with E-state index in [0.29, 0.717) is 12.0 Å². The number of aliphatic hydroxyl groups is 2. The predicted octanol–water partition coefficient (Wildman–Crippen LogP) is -1.00. The molecule has 0 spiro atoms. The molecule has 12 nitrogen and oxygen atoms in total. The van der Waals surface area contributed by atoms with Gasteiger partial charge in [0.15, 0.2) is 6.04 Å². The molecule has 1 aromatic heterocycles. The van der Waals surface area contributed by atoms with Gasteiger partial charge in [0.1, 0.15) is 12.1 Å². The third-order valence-corrected chi connectivity index (χ3v) is 6.15. The zero-order valence-electron chi connectivity index (χ0n) is 20.5. The second kappa shape index (κ2) is 13.0. The van der Waals surface area contributed by atoms with Gasteiger partial charge in [-0.05, 0) is 24.5 Å². The number of hydrogen-bond donors (Lipinski definition) is 8. The molecule has 12 heteroatoms. The molecule has 1 aromatic carbocycles. The van der Waals surface area contributed by atoms with E-state index in [1.165, 1.54) is 6.92 Å². The molecule has 9 N–H and O–H groups in total. The highest BCUT2D eigenvalue weighted by molar-refractivity contribution is 5.95. The van der Waals surface area contributed by atoms with Crippen LogP contribution in [0.5, 0.6) is 0 Å². The van der Waals surface area contributed by atoms with E-state index in [2.05, 4.69) is 20.9 Å². The van der Waals surface area contributed by atoms with Gasteiger partial charge in [0, 0.05) is 23.5 Å². The topological polar surface area (TPSA) is 207 Å². The second-order valence-electron chi connectivity index (χ2n) is 8.84. The number of carbonyl (C=O) groups excluding carboxylic acids is 3. The maximum absolute atomic E-state index is 13.0. The van der Waals surface area contributed by atoms with Crippen molar-refractivity contribution in [2.45, 2.75) is 63.9 Å². The van der Waals surface area contributed by atoms with Crippen LogP contribution in [0.3, 0.4) is 0 Å². The van der Waals surface area contributed by atoms with Crippen molar-refractivity contribution in [2.75, 3.05) is 6.61 Å². The van der Waals surface area contributed by atoms with Gasteiger partial charge in [-0.15, -0.1) is 0 Å². The normalized spacial score (nSPS) is 16.3. The molecule has 0 saturated heterocycles. The fourth-order valence-electron chi connectivity index (χ4n) is 3.62. The average molecular weight is 506 g/mol. The van der Waals surface area contributed by atoms with E-state index in [9.17, 15) is 34.5 Å². The van der Waals surface area contributed by atoms with Gasteiger partial charge in [0.2, 0.25) is 17.7 Å². The van der Waals surface area contributed by atoms with Crippen LogP contribution in [0.2, 0.25) is 0 Å². The molecule has 0 aliphatic carbocycles. The van der Waals surface area contributed by atoms with E-state index in [-0.39, 0.29) is 12.3 Å². The van der Waals surface area contributed by atoms with E-state index < -0.39 is 60.6 Å². The Hall–Kier alpha value is -3.48. The van der Waals surface area contributed by atoms with E-state index in [0.717, 1.165) is 10.9 Å². The van der Waals surface area contributed by atoms with Gasteiger partial charge in [-0.25, -0.2) is 4.79 Å². The van der Waals surface area contributed by atoms with Crippen molar-refractivity contribution in [1.82, 2.24) is 20.9 Å². The van der Waals surface area contributed by atoms with Crippen LogP contribution in [0.25, 0.3) is 10.9 Å². The van der Waals surface area contributed by atoms with Crippen LogP contribution < -0.4 is 21.7 Å². The molecular weight excluding hydrogens is 470 g/mol. The number of aromatic nitrogens is 1. The fraction of sp³-hybridized carbons (Fsp3) is 0.500. The number of rotatable bonds is 13. The molecule has 6 unspecified atom stereocenters. The number of aliphatic hydroxyl groups excluding tert-OH is 2. The number of fused-ring (bicyclic) bond motifs is 1. The van der Waals surface area contributed by atoms with Crippen molar-refractivity contribution < 1.29 is 34.5 Å². The summed E-state index contributed by atoms with van der Waals surface area (Å²) in [5.41, 5.74) is 7.37. The van der Waals surface area contributed by atoms with Crippen molar-refractivity contribution in [1.29, 1.82) is 0 Å². The molecule has 3 amide bonds. The second-order valence-corrected chi connectivity index (χ2v) is 8.84. The molecule has 198 valence electrons. The van der Waals surface area contributed by atoms with Gasteiger partial charge >= 0.3 is 5.97 Å². The summed E-state index contributed by atoms with van der Waals surface area (Å²) in [6, 6.07) is 2.10. The zero-order chi connectivity index (χ0) is 27.0. The lowest BCUT2D eigenvalue weighted by Gasteiger charge is -2.25. The Kier molecular flexibility index (Phi) is 10.4. The van der Waals surface area contributed by atoms with Crippen LogP contribution in [-0.2, 0) is 25.6 Å². The van der Waals surface area contributed by atoms with Crippen LogP contribution in [-0.4, -0.2) is 80.9 Å². The van der Waals surface area contributed by atoms with Crippen LogP contribution >= 0.6 is 0 Å². The number of benzene rings is 1. The first-order valence-corrected chi connectivity index (χ1v) is 11.7. The quantitative estimate of drug-likeness (QED) is 0.169. The van der Waals surface area contributed by atoms with Gasteiger partial charge in [-0.1, -0.05) is 38.5 Å². The first-order valence-electron chi connectivity index (χ1n) is 11.7. The van der Waals surface area contributed by atoms with E-state index in [1.807, 2.05) is 25.1 Å². The Labute approximate surface area is 208 Å². The monoisotopic (exact) mass is 505 g/mol. The summed E-state index contributed by atoms with van der Waals surface area (Å²) < 4.78 is 0. The molecular formula is C24H35N5O7. The number of nitrogens with one attached hydrogen (secondary N) is 4. The number of aromatic amines is 1. The van der Waals surface area contributed by atoms with Crippen LogP contribution in [0.1, 0.15) is 32.8 Å². The van der Waals surface area contributed by atoms with Crippen LogP contribution in [0.15, 0.2) is 30.5 Å². The molecule has 36 heavy (non-hydrogen) atoms. The van der Waals surface area contributed by atoms with Gasteiger partial charge in [0.05, 0.1) is 18.8 Å². The smallest absolute Gasteiger partial charge is 0.328 e. The molecule has 2 aromatic rings. The first kappa shape index (κ1) is 28.8. The molecule has 0 aliphatic rings. The number of carboxylic acids is 1. The summed E-state index contributed by atoms with van der Waals surface area (Å²) in [6.45, 7) is 4.10. The Bertz CT molecular complexity index is 1070. The summed E-state index contributed by atoms with van der Waals surface area (Å²) in [7, 11) is 0. The highest BCUT2D eigenvalue weighted by atomic mass is 16.4. The minimum Gasteiger partial charge on any atom is -0.480 e. The predicted molar refractivity (Wildman–Crippen MR) is 132 cm³/mol. The van der Waals surface area contributed by atoms with Crippen molar-refractivity contribution in [3.63, 3.8) is 0 Å². The SMILES string of the molecule is CCC(C)C(N)C(=O)NC(CO)C(=O)NC(Cc1c[nH]c2ccccc12)C(=O)NC(C(=O)O)C(C)O. The van der Waals surface area contributed by atoms with E-state index in [1.54, 1.807) is 19.2 Å². The number of carbonyl (C=O) groups is 4. The third kappa shape index (κ3) is 7.26. The van der Waals surface area contributed by atoms with Crippen molar-refractivity contribution in [3.05, 3.63) is 36.0 Å². The zero-order valence-corrected chi connectivity index (χ0v) is 20.5. The summed E-state index contributed by atoms with van der Waals surface area (Å²) in [4.78, 5) is 53.0. The number of amides is 3. The van der Waals surface area contributed by atoms with E-state index in [4.69, 9.17) is 5.73 Å². The fourth-order valence-corrected chi connectivity index (χ4v) is 3.62. The lowest BCUT2D eigenvalue weighted by molar-refractivity contribution is -0.145. The average Bonchev–Trinajstić information content (AvgIpc) is 3.26. The van der Waals surface area contributed by atoms with Crippen LogP contribution in [0, 0.1) is 5.92 Å².